The van der Waals surface area contributed by atoms with Gasteiger partial charge in [0, 0.05) is 0 Å². The molecule has 0 aliphatic carbocycles. The molecule has 1 amide bonds. The molecule has 2 fully saturated rings. The van der Waals surface area contributed by atoms with Gasteiger partial charge in [-0.3, -0.25) is 4.79 Å². The van der Waals surface area contributed by atoms with Crippen LogP contribution >= 0.6 is 0 Å². The maximum Gasteiger partial charge on any atom is 0.248 e. The molecular formula is C7H11NO5. The first kappa shape index (κ1) is 8.89. The highest BCUT2D eigenvalue weighted by Gasteiger charge is 2.42. The second-order valence-corrected chi connectivity index (χ2v) is 3.16. The number of rotatable bonds is 0. The molecular weight excluding hydrogens is 178 g/mol. The number of nitrogens with one attached hydrogen (secondary N) is 1. The highest BCUT2D eigenvalue weighted by Crippen LogP contribution is 2.19. The van der Waals surface area contributed by atoms with E-state index in [4.69, 9.17) is 9.47 Å². The summed E-state index contributed by atoms with van der Waals surface area (Å²) in [5, 5.41) is 21.2. The van der Waals surface area contributed by atoms with Crippen LogP contribution in [-0.4, -0.2) is 53.9 Å². The molecule has 3 N–H and O–H groups in total. The largest absolute Gasteiger partial charge is 0.388 e. The van der Waals surface area contributed by atoms with E-state index in [0.717, 1.165) is 0 Å². The van der Waals surface area contributed by atoms with E-state index < -0.39 is 24.5 Å². The van der Waals surface area contributed by atoms with Crippen molar-refractivity contribution in [3.8, 4) is 0 Å². The molecule has 0 aromatic carbocycles. The van der Waals surface area contributed by atoms with Crippen LogP contribution in [0.15, 0.2) is 0 Å². The summed E-state index contributed by atoms with van der Waals surface area (Å²) in [6, 6.07) is 0. The van der Waals surface area contributed by atoms with Gasteiger partial charge < -0.3 is 25.0 Å². The number of amides is 1. The normalized spacial score (nSPS) is 45.2. The molecule has 2 aliphatic heterocycles. The maximum atomic E-state index is 10.8. The van der Waals surface area contributed by atoms with Crippen molar-refractivity contribution in [3.63, 3.8) is 0 Å². The Morgan fingerprint density at radius 2 is 2.15 bits per heavy atom. The summed E-state index contributed by atoms with van der Waals surface area (Å²) < 4.78 is 10.1. The van der Waals surface area contributed by atoms with Gasteiger partial charge in [-0.15, -0.1) is 0 Å². The lowest BCUT2D eigenvalue weighted by atomic mass is 10.0. The second-order valence-electron chi connectivity index (χ2n) is 3.16. The number of ether oxygens (including phenoxy) is 2. The zero-order valence-electron chi connectivity index (χ0n) is 6.84. The zero-order chi connectivity index (χ0) is 9.42. The molecule has 2 saturated heterocycles. The number of carbonyl (C=O) groups is 1. The molecule has 6 nitrogen and oxygen atoms in total. The number of aliphatic hydroxyl groups is 2. The molecule has 0 spiro atoms. The Bertz CT molecular complexity index is 221. The number of hydrogen-bond acceptors (Lipinski definition) is 5. The minimum absolute atomic E-state index is 0.00593. The lowest BCUT2D eigenvalue weighted by molar-refractivity contribution is -0.225. The average Bonchev–Trinajstić information content (AvgIpc) is 2.12. The summed E-state index contributed by atoms with van der Waals surface area (Å²) >= 11 is 0. The van der Waals surface area contributed by atoms with Gasteiger partial charge in [0.25, 0.3) is 0 Å². The molecule has 0 aromatic heterocycles. The van der Waals surface area contributed by atoms with Crippen molar-refractivity contribution >= 4 is 5.91 Å². The van der Waals surface area contributed by atoms with Crippen LogP contribution in [0.3, 0.4) is 0 Å². The Labute approximate surface area is 74.4 Å². The molecule has 0 radical (unpaired) electrons. The van der Waals surface area contributed by atoms with E-state index in [0.29, 0.717) is 0 Å². The molecule has 4 atom stereocenters. The van der Waals surface area contributed by atoms with Crippen molar-refractivity contribution in [2.45, 2.75) is 24.5 Å². The third-order valence-electron chi connectivity index (χ3n) is 2.19. The first-order valence-corrected chi connectivity index (χ1v) is 4.07. The molecule has 13 heavy (non-hydrogen) atoms. The van der Waals surface area contributed by atoms with Crippen molar-refractivity contribution < 1.29 is 24.5 Å². The Hall–Kier alpha value is -0.690. The minimum Gasteiger partial charge on any atom is -0.388 e. The third kappa shape index (κ3) is 1.53. The molecule has 0 unspecified atom stereocenters. The topological polar surface area (TPSA) is 88.0 Å². The molecule has 2 aliphatic rings. The van der Waals surface area contributed by atoms with E-state index in [1.807, 2.05) is 0 Å². The third-order valence-corrected chi connectivity index (χ3v) is 2.19. The number of fused-ring (bicyclic) bond motifs is 1. The van der Waals surface area contributed by atoms with Crippen molar-refractivity contribution in [1.82, 2.24) is 5.32 Å². The molecule has 0 aromatic rings. The van der Waals surface area contributed by atoms with Crippen molar-refractivity contribution in [3.05, 3.63) is 0 Å². The summed E-state index contributed by atoms with van der Waals surface area (Å²) in [5.74, 6) is -0.273. The van der Waals surface area contributed by atoms with Gasteiger partial charge in [0.1, 0.15) is 24.9 Å². The van der Waals surface area contributed by atoms with E-state index in [9.17, 15) is 15.0 Å². The van der Waals surface area contributed by atoms with Gasteiger partial charge in [0.05, 0.1) is 6.61 Å². The van der Waals surface area contributed by atoms with E-state index in [1.54, 1.807) is 0 Å². The fourth-order valence-corrected chi connectivity index (χ4v) is 1.48. The Kier molecular flexibility index (Phi) is 2.20. The second kappa shape index (κ2) is 3.22. The lowest BCUT2D eigenvalue weighted by Crippen LogP contribution is -2.63. The van der Waals surface area contributed by atoms with E-state index in [-0.39, 0.29) is 19.1 Å². The fraction of sp³-hybridized carbons (Fsp3) is 0.857. The SMILES string of the molecule is O=C1CO[C@@H]2[C@@H](O)[C@@H](O)CO[C@H]2N1. The van der Waals surface area contributed by atoms with Crippen LogP contribution in [-0.2, 0) is 14.3 Å². The molecule has 6 heteroatoms. The summed E-state index contributed by atoms with van der Waals surface area (Å²) in [7, 11) is 0. The van der Waals surface area contributed by atoms with Crippen molar-refractivity contribution in [2.24, 2.45) is 0 Å². The Morgan fingerprint density at radius 1 is 1.38 bits per heavy atom. The lowest BCUT2D eigenvalue weighted by Gasteiger charge is -2.40. The van der Waals surface area contributed by atoms with Gasteiger partial charge >= 0.3 is 0 Å². The molecule has 0 bridgehead atoms. The smallest absolute Gasteiger partial charge is 0.248 e. The molecule has 74 valence electrons. The number of hydrogen-bond donors (Lipinski definition) is 3. The van der Waals surface area contributed by atoms with E-state index in [1.165, 1.54) is 0 Å². The highest BCUT2D eigenvalue weighted by molar-refractivity contribution is 5.78. The van der Waals surface area contributed by atoms with Gasteiger partial charge in [-0.25, -0.2) is 0 Å². The van der Waals surface area contributed by atoms with Gasteiger partial charge in [-0.1, -0.05) is 0 Å². The monoisotopic (exact) mass is 189 g/mol. The average molecular weight is 189 g/mol. The van der Waals surface area contributed by atoms with E-state index >= 15 is 0 Å². The summed E-state index contributed by atoms with van der Waals surface area (Å²) in [6.07, 6.45) is -3.25. The zero-order valence-corrected chi connectivity index (χ0v) is 6.84. The summed E-state index contributed by atoms with van der Waals surface area (Å²) in [6.45, 7) is -0.0969. The van der Waals surface area contributed by atoms with Crippen LogP contribution in [0.5, 0.6) is 0 Å². The van der Waals surface area contributed by atoms with Crippen LogP contribution in [0.4, 0.5) is 0 Å². The number of carbonyl (C=O) groups excluding carboxylic acids is 1. The molecule has 0 saturated carbocycles. The quantitative estimate of drug-likeness (QED) is 0.394. The molecule has 2 heterocycles. The minimum atomic E-state index is -1.00. The predicted molar refractivity (Wildman–Crippen MR) is 39.6 cm³/mol. The van der Waals surface area contributed by atoms with Crippen molar-refractivity contribution in [2.75, 3.05) is 13.2 Å². The first-order valence-electron chi connectivity index (χ1n) is 4.07. The van der Waals surface area contributed by atoms with Crippen LogP contribution in [0.1, 0.15) is 0 Å². The standard InChI is InChI=1S/C7H11NO5/c9-3-1-13-7-6(5(3)11)12-2-4(10)8-7/h3,5-7,9,11H,1-2H2,(H,8,10)/t3-,5-,6+,7+/m0/s1. The Morgan fingerprint density at radius 3 is 2.92 bits per heavy atom. The summed E-state index contributed by atoms with van der Waals surface area (Å²) in [4.78, 5) is 10.8. The number of morpholine rings is 1. The number of aliphatic hydroxyl groups excluding tert-OH is 2. The Balaban J connectivity index is 2.06. The highest BCUT2D eigenvalue weighted by atomic mass is 16.6. The van der Waals surface area contributed by atoms with E-state index in [2.05, 4.69) is 5.32 Å². The van der Waals surface area contributed by atoms with Gasteiger partial charge in [-0.05, 0) is 0 Å². The van der Waals surface area contributed by atoms with Gasteiger partial charge in [0.15, 0.2) is 6.23 Å². The van der Waals surface area contributed by atoms with Crippen LogP contribution in [0.2, 0.25) is 0 Å². The summed E-state index contributed by atoms with van der Waals surface area (Å²) in [5.41, 5.74) is 0. The molecule has 2 rings (SSSR count). The van der Waals surface area contributed by atoms with Gasteiger partial charge in [0.2, 0.25) is 5.91 Å². The van der Waals surface area contributed by atoms with Crippen LogP contribution < -0.4 is 5.32 Å². The van der Waals surface area contributed by atoms with Crippen molar-refractivity contribution in [1.29, 1.82) is 0 Å². The van der Waals surface area contributed by atoms with Gasteiger partial charge in [-0.2, -0.15) is 0 Å². The van der Waals surface area contributed by atoms with Crippen LogP contribution in [0.25, 0.3) is 0 Å². The fourth-order valence-electron chi connectivity index (χ4n) is 1.48. The first-order chi connectivity index (χ1) is 6.18. The maximum absolute atomic E-state index is 10.8. The van der Waals surface area contributed by atoms with Crippen LogP contribution in [0, 0.1) is 0 Å². The predicted octanol–water partition coefficient (Wildman–Crippen LogP) is -2.42.